The van der Waals surface area contributed by atoms with Gasteiger partial charge in [-0.15, -0.1) is 0 Å². The first-order chi connectivity index (χ1) is 30.9. The van der Waals surface area contributed by atoms with Gasteiger partial charge in [-0.2, -0.15) is 0 Å². The van der Waals surface area contributed by atoms with Crippen LogP contribution in [-0.2, 0) is 43.6 Å². The first-order valence-corrected chi connectivity index (χ1v) is 20.6. The zero-order chi connectivity index (χ0) is 45.3. The van der Waals surface area contributed by atoms with E-state index in [1.165, 1.54) is 18.2 Å². The highest BCUT2D eigenvalue weighted by molar-refractivity contribution is 6.24. The molecule has 2 fully saturated rings. The Morgan fingerprint density at radius 3 is 1.98 bits per heavy atom. The Bertz CT molecular complexity index is 2670. The number of amides is 4. The Morgan fingerprint density at radius 2 is 1.39 bits per heavy atom. The Labute approximate surface area is 368 Å². The molecule has 324 valence electrons. The summed E-state index contributed by atoms with van der Waals surface area (Å²) in [6.45, 7) is 1.77. The number of hydrogen-bond donors (Lipinski definition) is 3. The number of phenols is 1. The van der Waals surface area contributed by atoms with Crippen molar-refractivity contribution in [3.05, 3.63) is 167 Å². The number of primary amides is 1. The molecule has 64 heavy (non-hydrogen) atoms. The normalized spacial score (nSPS) is 22.7. The average molecular weight is 861 g/mol. The minimum absolute atomic E-state index is 0.0811. The molecule has 0 aliphatic carbocycles. The van der Waals surface area contributed by atoms with Gasteiger partial charge in [0.15, 0.2) is 5.92 Å². The number of ether oxygens (including phenoxy) is 3. The van der Waals surface area contributed by atoms with Gasteiger partial charge in [-0.05, 0) is 65.1 Å². The molecule has 0 unspecified atom stereocenters. The van der Waals surface area contributed by atoms with Crippen molar-refractivity contribution in [2.75, 3.05) is 19.1 Å². The number of anilines is 1. The molecular formula is C50H44N4O10. The zero-order valence-corrected chi connectivity index (χ0v) is 35.0. The van der Waals surface area contributed by atoms with Crippen LogP contribution in [-0.4, -0.2) is 66.0 Å². The second-order valence-electron chi connectivity index (χ2n) is 15.8. The topological polar surface area (TPSA) is 195 Å². The molecule has 3 aliphatic rings. The number of benzene rings is 5. The SMILES string of the molecule is COC(=O)C(CC#Cc1ccc2c(c1)[C@]1(C(=O)N2C(=O)N[C@H](C)c2ccccc2)[C@H](c2ccc(O)cc2)N2[C@H](c3ccccc3)[C@H](c3ccccc3)OC(=O)[C@H]2[C@@H]1C(N)=O)C(=O)OC. The van der Waals surface area contributed by atoms with Crippen molar-refractivity contribution in [3.63, 3.8) is 0 Å². The molecule has 5 aromatic carbocycles. The Hall–Kier alpha value is -7.76. The van der Waals surface area contributed by atoms with Crippen LogP contribution in [0.1, 0.15) is 71.0 Å². The number of urea groups is 1. The highest BCUT2D eigenvalue weighted by Gasteiger charge is 2.75. The third kappa shape index (κ3) is 7.29. The molecule has 5 aromatic rings. The smallest absolute Gasteiger partial charge is 0.329 e. The van der Waals surface area contributed by atoms with E-state index in [9.17, 15) is 29.1 Å². The van der Waals surface area contributed by atoms with Crippen LogP contribution in [0.25, 0.3) is 0 Å². The number of rotatable bonds is 9. The Morgan fingerprint density at radius 1 is 0.797 bits per heavy atom. The molecule has 1 spiro atoms. The van der Waals surface area contributed by atoms with Crippen LogP contribution in [0.4, 0.5) is 10.5 Å². The minimum Gasteiger partial charge on any atom is -0.508 e. The van der Waals surface area contributed by atoms with Gasteiger partial charge in [-0.3, -0.25) is 28.9 Å². The van der Waals surface area contributed by atoms with Gasteiger partial charge < -0.3 is 30.4 Å². The first kappa shape index (κ1) is 42.9. The number of phenolic OH excluding ortho intramolecular Hbond substituents is 1. The Kier molecular flexibility index (Phi) is 11.8. The molecule has 14 nitrogen and oxygen atoms in total. The molecule has 0 aromatic heterocycles. The van der Waals surface area contributed by atoms with E-state index in [4.69, 9.17) is 19.9 Å². The molecule has 0 bridgehead atoms. The maximum absolute atomic E-state index is 16.1. The van der Waals surface area contributed by atoms with Gasteiger partial charge in [-0.1, -0.05) is 115 Å². The number of methoxy groups -OCH3 is 2. The lowest BCUT2D eigenvalue weighted by atomic mass is 9.65. The van der Waals surface area contributed by atoms with Crippen LogP contribution in [0.5, 0.6) is 5.75 Å². The van der Waals surface area contributed by atoms with Crippen molar-refractivity contribution in [1.29, 1.82) is 0 Å². The van der Waals surface area contributed by atoms with Gasteiger partial charge >= 0.3 is 23.9 Å². The molecule has 4 N–H and O–H groups in total. The van der Waals surface area contributed by atoms with Crippen LogP contribution in [0.3, 0.4) is 0 Å². The summed E-state index contributed by atoms with van der Waals surface area (Å²) in [5, 5.41) is 13.5. The van der Waals surface area contributed by atoms with Crippen LogP contribution in [0.2, 0.25) is 0 Å². The zero-order valence-electron chi connectivity index (χ0n) is 35.0. The van der Waals surface area contributed by atoms with E-state index in [1.807, 2.05) is 95.9 Å². The lowest BCUT2D eigenvalue weighted by Crippen LogP contribution is -2.55. The number of carbonyl (C=O) groups is 6. The lowest BCUT2D eigenvalue weighted by Gasteiger charge is -2.46. The third-order valence-corrected chi connectivity index (χ3v) is 12.3. The summed E-state index contributed by atoms with van der Waals surface area (Å²) in [7, 11) is 2.28. The molecule has 8 rings (SSSR count). The summed E-state index contributed by atoms with van der Waals surface area (Å²) in [6.07, 6.45) is -1.24. The van der Waals surface area contributed by atoms with Gasteiger partial charge in [0.1, 0.15) is 23.3 Å². The first-order valence-electron chi connectivity index (χ1n) is 20.6. The van der Waals surface area contributed by atoms with E-state index in [0.717, 1.165) is 24.7 Å². The van der Waals surface area contributed by atoms with Crippen molar-refractivity contribution < 1.29 is 48.1 Å². The summed E-state index contributed by atoms with van der Waals surface area (Å²) in [4.78, 5) is 87.9. The fourth-order valence-electron chi connectivity index (χ4n) is 9.55. The number of esters is 3. The van der Waals surface area contributed by atoms with Crippen LogP contribution in [0.15, 0.2) is 133 Å². The average Bonchev–Trinajstić information content (AvgIpc) is 3.77. The van der Waals surface area contributed by atoms with Gasteiger partial charge in [0.25, 0.3) is 0 Å². The summed E-state index contributed by atoms with van der Waals surface area (Å²) < 4.78 is 16.0. The van der Waals surface area contributed by atoms with Crippen LogP contribution in [0, 0.1) is 23.7 Å². The van der Waals surface area contributed by atoms with Crippen molar-refractivity contribution in [2.45, 2.75) is 49.0 Å². The number of imide groups is 1. The third-order valence-electron chi connectivity index (χ3n) is 12.3. The number of cyclic esters (lactones) is 1. The van der Waals surface area contributed by atoms with Gasteiger partial charge in [0.05, 0.1) is 44.0 Å². The summed E-state index contributed by atoms with van der Waals surface area (Å²) in [5.41, 5.74) is 7.40. The molecule has 4 amide bonds. The number of aromatic hydroxyl groups is 1. The summed E-state index contributed by atoms with van der Waals surface area (Å²) in [6, 6.07) is 33.4. The van der Waals surface area contributed by atoms with Crippen molar-refractivity contribution in [1.82, 2.24) is 10.2 Å². The van der Waals surface area contributed by atoms with E-state index in [1.54, 1.807) is 31.2 Å². The molecule has 14 heteroatoms. The van der Waals surface area contributed by atoms with Gasteiger partial charge in [0.2, 0.25) is 11.8 Å². The fraction of sp³-hybridized carbons (Fsp3) is 0.240. The predicted molar refractivity (Wildman–Crippen MR) is 232 cm³/mol. The second-order valence-corrected chi connectivity index (χ2v) is 15.8. The number of nitrogens with one attached hydrogen (secondary N) is 1. The van der Waals surface area contributed by atoms with E-state index in [-0.39, 0.29) is 29.0 Å². The van der Waals surface area contributed by atoms with E-state index in [2.05, 4.69) is 17.2 Å². The van der Waals surface area contributed by atoms with E-state index >= 15 is 4.79 Å². The van der Waals surface area contributed by atoms with E-state index < -0.39 is 83.3 Å². The molecule has 0 saturated carbocycles. The largest absolute Gasteiger partial charge is 0.508 e. The van der Waals surface area contributed by atoms with Crippen molar-refractivity contribution >= 4 is 41.4 Å². The molecule has 3 heterocycles. The summed E-state index contributed by atoms with van der Waals surface area (Å²) in [5.74, 6) is -1.60. The minimum atomic E-state index is -2.12. The number of morpholine rings is 1. The number of fused-ring (bicyclic) bond motifs is 3. The van der Waals surface area contributed by atoms with Crippen molar-refractivity contribution in [2.24, 2.45) is 17.6 Å². The lowest BCUT2D eigenvalue weighted by molar-refractivity contribution is -0.178. The molecule has 2 saturated heterocycles. The van der Waals surface area contributed by atoms with Crippen LogP contribution < -0.4 is 16.0 Å². The highest BCUT2D eigenvalue weighted by Crippen LogP contribution is 2.65. The Balaban J connectivity index is 1.39. The van der Waals surface area contributed by atoms with Crippen molar-refractivity contribution in [3.8, 4) is 17.6 Å². The monoisotopic (exact) mass is 860 g/mol. The van der Waals surface area contributed by atoms with Gasteiger partial charge in [-0.25, -0.2) is 9.69 Å². The fourth-order valence-corrected chi connectivity index (χ4v) is 9.55. The molecule has 3 aliphatic heterocycles. The molecule has 7 atom stereocenters. The summed E-state index contributed by atoms with van der Waals surface area (Å²) >= 11 is 0. The van der Waals surface area contributed by atoms with E-state index in [0.29, 0.717) is 16.7 Å². The van der Waals surface area contributed by atoms with Gasteiger partial charge in [0, 0.05) is 12.0 Å². The predicted octanol–water partition coefficient (Wildman–Crippen LogP) is 5.72. The standard InChI is InChI=1S/C50H44N4O10/c1-29(31-15-7-4-8-16-31)52-49(61)53-38-27-22-30(14-13-21-36(45(57)62-2)46(58)63-3)28-37(38)50(48(53)60)39(44(51)56)41-47(59)64-42(33-19-11-6-12-20-33)40(32-17-9-5-10-18-32)54(41)43(50)34-23-25-35(55)26-24-34/h4-12,15-20,22-29,36,39-43,55H,21H2,1-3H3,(H2,51,56)(H,52,61)/t29-,39-,40-,41-,42+,43+,50-/m1/s1. The highest BCUT2D eigenvalue weighted by atomic mass is 16.6. The molecular weight excluding hydrogens is 817 g/mol. The maximum Gasteiger partial charge on any atom is 0.329 e. The quantitative estimate of drug-likeness (QED) is 0.0711. The number of hydrogen-bond acceptors (Lipinski definition) is 11. The number of nitrogens with two attached hydrogens (primary N) is 1. The number of carbonyl (C=O) groups excluding carboxylic acids is 6. The van der Waals surface area contributed by atoms with Crippen LogP contribution >= 0.6 is 0 Å². The second kappa shape index (κ2) is 17.5. The number of nitrogens with zero attached hydrogens (tertiary/aromatic N) is 2. The maximum atomic E-state index is 16.1. The molecule has 0 radical (unpaired) electrons.